The van der Waals surface area contributed by atoms with Crippen molar-refractivity contribution < 1.29 is 8.78 Å². The molecule has 94 valence electrons. The molecule has 0 saturated carbocycles. The summed E-state index contributed by atoms with van der Waals surface area (Å²) < 4.78 is 25.1. The summed E-state index contributed by atoms with van der Waals surface area (Å²) in [5, 5.41) is 3.97. The standard InChI is InChI=1S/C9H10ClF2NS.CH2N2/c1-6(14-2)7-3-4-8(13-5-7)9(10,11)12;2-1-3/h3-6H,1-2H3;2H2. The highest BCUT2D eigenvalue weighted by Gasteiger charge is 2.29. The van der Waals surface area contributed by atoms with Crippen molar-refractivity contribution in [2.24, 2.45) is 5.73 Å². The van der Waals surface area contributed by atoms with Crippen LogP contribution in [0.15, 0.2) is 18.3 Å². The molecular weight excluding hydrogens is 268 g/mol. The molecule has 0 bridgehead atoms. The van der Waals surface area contributed by atoms with Gasteiger partial charge >= 0.3 is 5.38 Å². The summed E-state index contributed by atoms with van der Waals surface area (Å²) >= 11 is 6.45. The molecule has 17 heavy (non-hydrogen) atoms. The number of alkyl halides is 3. The molecule has 1 aromatic heterocycles. The van der Waals surface area contributed by atoms with Crippen LogP contribution in [0.5, 0.6) is 0 Å². The molecule has 1 aromatic rings. The van der Waals surface area contributed by atoms with Gasteiger partial charge in [0.2, 0.25) is 0 Å². The molecule has 1 atom stereocenters. The van der Waals surface area contributed by atoms with Gasteiger partial charge in [-0.3, -0.25) is 4.98 Å². The Morgan fingerprint density at radius 3 is 2.41 bits per heavy atom. The number of thioether (sulfide) groups is 1. The fourth-order valence-corrected chi connectivity index (χ4v) is 1.47. The lowest BCUT2D eigenvalue weighted by atomic mass is 10.2. The summed E-state index contributed by atoms with van der Waals surface area (Å²) in [6, 6.07) is 2.88. The molecule has 1 rings (SSSR count). The van der Waals surface area contributed by atoms with Crippen LogP contribution < -0.4 is 5.73 Å². The van der Waals surface area contributed by atoms with Crippen molar-refractivity contribution in [1.29, 1.82) is 5.26 Å². The molecule has 0 aliphatic carbocycles. The fourth-order valence-electron chi connectivity index (χ4n) is 0.950. The average molecular weight is 280 g/mol. The maximum absolute atomic E-state index is 12.6. The van der Waals surface area contributed by atoms with Crippen LogP contribution in [0.2, 0.25) is 0 Å². The Kier molecular flexibility index (Phi) is 6.85. The van der Waals surface area contributed by atoms with Crippen LogP contribution >= 0.6 is 23.4 Å². The first-order chi connectivity index (χ1) is 7.86. The summed E-state index contributed by atoms with van der Waals surface area (Å²) in [6.45, 7) is 1.99. The molecule has 1 unspecified atom stereocenters. The third kappa shape index (κ3) is 5.71. The van der Waals surface area contributed by atoms with Gasteiger partial charge in [0.05, 0.1) is 0 Å². The van der Waals surface area contributed by atoms with Crippen LogP contribution in [-0.4, -0.2) is 11.2 Å². The van der Waals surface area contributed by atoms with E-state index in [-0.39, 0.29) is 5.25 Å². The second-order valence-corrected chi connectivity index (χ2v) is 4.63. The third-order valence-corrected chi connectivity index (χ3v) is 3.07. The third-order valence-electron chi connectivity index (χ3n) is 1.90. The Labute approximate surface area is 108 Å². The van der Waals surface area contributed by atoms with Crippen molar-refractivity contribution in [2.45, 2.75) is 17.6 Å². The van der Waals surface area contributed by atoms with Crippen molar-refractivity contribution in [3.8, 4) is 6.19 Å². The molecule has 7 heteroatoms. The summed E-state index contributed by atoms with van der Waals surface area (Å²) in [5.41, 5.74) is 4.67. The van der Waals surface area contributed by atoms with E-state index < -0.39 is 11.1 Å². The van der Waals surface area contributed by atoms with Gasteiger partial charge in [0, 0.05) is 11.4 Å². The van der Waals surface area contributed by atoms with Gasteiger partial charge in [0.15, 0.2) is 6.19 Å². The molecule has 0 aliphatic rings. The lowest BCUT2D eigenvalue weighted by molar-refractivity contribution is 0.0900. The van der Waals surface area contributed by atoms with E-state index in [0.717, 1.165) is 5.56 Å². The van der Waals surface area contributed by atoms with Crippen LogP contribution in [0.3, 0.4) is 0 Å². The minimum Gasteiger partial charge on any atom is -0.337 e. The minimum atomic E-state index is -3.37. The highest BCUT2D eigenvalue weighted by molar-refractivity contribution is 7.98. The smallest absolute Gasteiger partial charge is 0.337 e. The molecule has 0 fully saturated rings. The summed E-state index contributed by atoms with van der Waals surface area (Å²) in [6.07, 6.45) is 4.64. The Morgan fingerprint density at radius 1 is 1.59 bits per heavy atom. The zero-order valence-electron chi connectivity index (χ0n) is 9.32. The van der Waals surface area contributed by atoms with Crippen LogP contribution in [-0.2, 0) is 5.38 Å². The maximum atomic E-state index is 12.6. The first-order valence-corrected chi connectivity index (χ1v) is 6.19. The molecular formula is C10H12ClF2N3S. The quantitative estimate of drug-likeness (QED) is 0.524. The molecule has 1 heterocycles. The lowest BCUT2D eigenvalue weighted by Crippen LogP contribution is -2.06. The van der Waals surface area contributed by atoms with E-state index in [1.807, 2.05) is 13.2 Å². The van der Waals surface area contributed by atoms with E-state index in [0.29, 0.717) is 0 Å². The Bertz CT molecular complexity index is 373. The van der Waals surface area contributed by atoms with E-state index >= 15 is 0 Å². The minimum absolute atomic E-state index is 0.250. The lowest BCUT2D eigenvalue weighted by Gasteiger charge is -2.10. The number of hydrogen-bond acceptors (Lipinski definition) is 4. The van der Waals surface area contributed by atoms with Gasteiger partial charge in [0.1, 0.15) is 5.69 Å². The summed E-state index contributed by atoms with van der Waals surface area (Å²) in [5.74, 6) is 0. The SMILES string of the molecule is CSC(C)c1ccc(C(F)(F)Cl)nc1.N#CN. The van der Waals surface area contributed by atoms with Gasteiger partial charge in [-0.1, -0.05) is 6.07 Å². The topological polar surface area (TPSA) is 62.7 Å². The Morgan fingerprint density at radius 2 is 2.12 bits per heavy atom. The van der Waals surface area contributed by atoms with Crippen molar-refractivity contribution in [3.63, 3.8) is 0 Å². The maximum Gasteiger partial charge on any atom is 0.364 e. The zero-order chi connectivity index (χ0) is 13.5. The number of nitriles is 1. The van der Waals surface area contributed by atoms with Crippen LogP contribution in [0, 0.1) is 11.5 Å². The first kappa shape index (κ1) is 15.9. The predicted octanol–water partition coefficient (Wildman–Crippen LogP) is 3.22. The van der Waals surface area contributed by atoms with Gasteiger partial charge in [-0.2, -0.15) is 25.8 Å². The predicted molar refractivity (Wildman–Crippen MR) is 65.7 cm³/mol. The van der Waals surface area contributed by atoms with E-state index in [2.05, 4.69) is 10.7 Å². The van der Waals surface area contributed by atoms with Gasteiger partial charge < -0.3 is 5.73 Å². The molecule has 0 spiro atoms. The van der Waals surface area contributed by atoms with E-state index in [1.54, 1.807) is 17.8 Å². The van der Waals surface area contributed by atoms with Gasteiger partial charge in [0.25, 0.3) is 0 Å². The van der Waals surface area contributed by atoms with Crippen molar-refractivity contribution in [2.75, 3.05) is 6.26 Å². The number of halogens is 3. The number of hydrogen-bond donors (Lipinski definition) is 1. The number of rotatable bonds is 3. The van der Waals surface area contributed by atoms with Gasteiger partial charge in [-0.25, -0.2) is 0 Å². The molecule has 0 radical (unpaired) electrons. The molecule has 0 saturated heterocycles. The van der Waals surface area contributed by atoms with Crippen LogP contribution in [0.4, 0.5) is 8.78 Å². The normalized spacial score (nSPS) is 12.0. The second kappa shape index (κ2) is 7.30. The molecule has 0 aromatic carbocycles. The van der Waals surface area contributed by atoms with Gasteiger partial charge in [-0.15, -0.1) is 0 Å². The number of aromatic nitrogens is 1. The Hall–Kier alpha value is -1.06. The highest BCUT2D eigenvalue weighted by atomic mass is 35.5. The van der Waals surface area contributed by atoms with Crippen LogP contribution in [0.25, 0.3) is 0 Å². The molecule has 3 nitrogen and oxygen atoms in total. The fraction of sp³-hybridized carbons (Fsp3) is 0.400. The van der Waals surface area contributed by atoms with Crippen molar-refractivity contribution in [3.05, 3.63) is 29.6 Å². The largest absolute Gasteiger partial charge is 0.364 e. The number of nitrogens with zero attached hydrogens (tertiary/aromatic N) is 2. The van der Waals surface area contributed by atoms with Crippen molar-refractivity contribution >= 4 is 23.4 Å². The first-order valence-electron chi connectivity index (χ1n) is 4.52. The number of nitrogens with two attached hydrogens (primary N) is 1. The molecule has 2 N–H and O–H groups in total. The Balaban J connectivity index is 0.000000770. The molecule has 0 aliphatic heterocycles. The summed E-state index contributed by atoms with van der Waals surface area (Å²) in [4.78, 5) is 3.62. The summed E-state index contributed by atoms with van der Waals surface area (Å²) in [7, 11) is 0. The van der Waals surface area contributed by atoms with E-state index in [9.17, 15) is 8.78 Å². The monoisotopic (exact) mass is 279 g/mol. The molecule has 0 amide bonds. The highest BCUT2D eigenvalue weighted by Crippen LogP contribution is 2.32. The van der Waals surface area contributed by atoms with E-state index in [4.69, 9.17) is 16.9 Å². The number of pyridine rings is 1. The second-order valence-electron chi connectivity index (χ2n) is 2.98. The van der Waals surface area contributed by atoms with Crippen molar-refractivity contribution in [1.82, 2.24) is 4.98 Å². The van der Waals surface area contributed by atoms with Gasteiger partial charge in [-0.05, 0) is 36.4 Å². The average Bonchev–Trinajstić information content (AvgIpc) is 2.28. The zero-order valence-corrected chi connectivity index (χ0v) is 10.9. The van der Waals surface area contributed by atoms with E-state index in [1.165, 1.54) is 18.5 Å². The van der Waals surface area contributed by atoms with Crippen LogP contribution in [0.1, 0.15) is 23.4 Å².